The van der Waals surface area contributed by atoms with Gasteiger partial charge in [-0.15, -0.1) is 0 Å². The van der Waals surface area contributed by atoms with Gasteiger partial charge in [0.2, 0.25) is 0 Å². The van der Waals surface area contributed by atoms with Crippen LogP contribution >= 0.6 is 0 Å². The fourth-order valence-electron chi connectivity index (χ4n) is 3.07. The number of amides is 2. The Morgan fingerprint density at radius 1 is 1.16 bits per heavy atom. The van der Waals surface area contributed by atoms with Crippen LogP contribution in [0.4, 0.5) is 0 Å². The van der Waals surface area contributed by atoms with Crippen molar-refractivity contribution in [2.75, 3.05) is 0 Å². The molecule has 0 bridgehead atoms. The van der Waals surface area contributed by atoms with E-state index >= 15 is 0 Å². The zero-order valence-corrected chi connectivity index (χ0v) is 13.8. The summed E-state index contributed by atoms with van der Waals surface area (Å²) in [6.45, 7) is 0. The molecule has 0 unspecified atom stereocenters. The van der Waals surface area contributed by atoms with Gasteiger partial charge in [0.05, 0.1) is 0 Å². The minimum atomic E-state index is -1.02. The molecule has 0 aliphatic heterocycles. The lowest BCUT2D eigenvalue weighted by Crippen LogP contribution is -2.46. The number of carbonyl (C=O) groups excluding carboxylic acids is 2. The van der Waals surface area contributed by atoms with Crippen LogP contribution in [-0.2, 0) is 9.59 Å². The Labute approximate surface area is 145 Å². The van der Waals surface area contributed by atoms with Crippen molar-refractivity contribution in [1.82, 2.24) is 10.8 Å². The van der Waals surface area contributed by atoms with Gasteiger partial charge >= 0.3 is 5.97 Å². The summed E-state index contributed by atoms with van der Waals surface area (Å²) in [5.41, 5.74) is 2.37. The molecule has 1 atom stereocenters. The van der Waals surface area contributed by atoms with E-state index in [2.05, 4.69) is 5.32 Å². The number of aliphatic carboxylic acids is 1. The van der Waals surface area contributed by atoms with Gasteiger partial charge in [-0.25, -0.2) is 10.3 Å². The second-order valence-electron chi connectivity index (χ2n) is 6.12. The number of carboxylic acids is 1. The van der Waals surface area contributed by atoms with Gasteiger partial charge in [0.25, 0.3) is 11.8 Å². The summed E-state index contributed by atoms with van der Waals surface area (Å²) in [5, 5.41) is 20.5. The quantitative estimate of drug-likeness (QED) is 0.357. The second kappa shape index (κ2) is 8.98. The predicted molar refractivity (Wildman–Crippen MR) is 90.9 cm³/mol. The highest BCUT2D eigenvalue weighted by atomic mass is 16.5. The molecule has 4 N–H and O–H groups in total. The molecule has 2 rings (SSSR count). The van der Waals surface area contributed by atoms with Gasteiger partial charge in [-0.3, -0.25) is 14.8 Å². The summed E-state index contributed by atoms with van der Waals surface area (Å²) in [4.78, 5) is 35.0. The van der Waals surface area contributed by atoms with Gasteiger partial charge in [-0.2, -0.15) is 0 Å². The van der Waals surface area contributed by atoms with Gasteiger partial charge in [0.1, 0.15) is 6.04 Å². The van der Waals surface area contributed by atoms with Crippen molar-refractivity contribution in [1.29, 1.82) is 0 Å². The smallest absolute Gasteiger partial charge is 0.326 e. The molecular formula is C18H22N2O5. The number of hydrogen-bond acceptors (Lipinski definition) is 4. The Bertz CT molecular complexity index is 665. The molecule has 1 saturated carbocycles. The third-order valence-electron chi connectivity index (χ3n) is 4.36. The molecule has 0 aromatic heterocycles. The van der Waals surface area contributed by atoms with E-state index in [-0.39, 0.29) is 5.92 Å². The number of carbonyl (C=O) groups is 3. The lowest BCUT2D eigenvalue weighted by molar-refractivity contribution is -0.141. The zero-order valence-electron chi connectivity index (χ0n) is 13.8. The van der Waals surface area contributed by atoms with Gasteiger partial charge < -0.3 is 10.4 Å². The molecule has 0 heterocycles. The van der Waals surface area contributed by atoms with Crippen molar-refractivity contribution in [3.05, 3.63) is 41.5 Å². The van der Waals surface area contributed by atoms with Crippen molar-refractivity contribution in [3.8, 4) is 0 Å². The highest BCUT2D eigenvalue weighted by Crippen LogP contribution is 2.26. The van der Waals surface area contributed by atoms with Gasteiger partial charge in [-0.1, -0.05) is 31.4 Å². The summed E-state index contributed by atoms with van der Waals surface area (Å²) in [6, 6.07) is 5.57. The number of carboxylic acid groups (broad SMARTS) is 1. The Morgan fingerprint density at radius 2 is 1.88 bits per heavy atom. The minimum Gasteiger partial charge on any atom is -0.480 e. The van der Waals surface area contributed by atoms with E-state index < -0.39 is 23.8 Å². The third-order valence-corrected chi connectivity index (χ3v) is 4.36. The molecule has 7 heteroatoms. The molecule has 1 aromatic rings. The lowest BCUT2D eigenvalue weighted by Gasteiger charge is -2.28. The van der Waals surface area contributed by atoms with Crippen LogP contribution in [0.15, 0.2) is 30.3 Å². The summed E-state index contributed by atoms with van der Waals surface area (Å²) in [6.07, 6.45) is 7.24. The first-order valence-corrected chi connectivity index (χ1v) is 8.27. The third kappa shape index (κ3) is 5.42. The summed E-state index contributed by atoms with van der Waals surface area (Å²) in [5.74, 6) is -2.21. The van der Waals surface area contributed by atoms with Crippen LogP contribution in [-0.4, -0.2) is 34.1 Å². The van der Waals surface area contributed by atoms with E-state index in [1.54, 1.807) is 24.3 Å². The fraction of sp³-hybridized carbons (Fsp3) is 0.389. The van der Waals surface area contributed by atoms with E-state index in [0.29, 0.717) is 11.1 Å². The Balaban J connectivity index is 2.09. The van der Waals surface area contributed by atoms with E-state index in [4.69, 9.17) is 5.21 Å². The van der Waals surface area contributed by atoms with Gasteiger partial charge in [0.15, 0.2) is 0 Å². The zero-order chi connectivity index (χ0) is 18.2. The minimum absolute atomic E-state index is 0.0495. The Kier molecular flexibility index (Phi) is 6.71. The maximum absolute atomic E-state index is 12.4. The largest absolute Gasteiger partial charge is 0.480 e. The SMILES string of the molecule is O=C(C=Cc1cccc(C(=O)N[C@H](C(=O)O)C2CCCCC2)c1)NO. The molecule has 0 saturated heterocycles. The van der Waals surface area contributed by atoms with Crippen LogP contribution < -0.4 is 10.8 Å². The van der Waals surface area contributed by atoms with Crippen molar-refractivity contribution in [3.63, 3.8) is 0 Å². The molecule has 0 radical (unpaired) electrons. The van der Waals surface area contributed by atoms with E-state index in [1.807, 2.05) is 0 Å². The molecule has 1 aliphatic rings. The second-order valence-corrected chi connectivity index (χ2v) is 6.12. The fourth-order valence-corrected chi connectivity index (χ4v) is 3.07. The summed E-state index contributed by atoms with van der Waals surface area (Å²) >= 11 is 0. The number of hydrogen-bond donors (Lipinski definition) is 4. The molecule has 25 heavy (non-hydrogen) atoms. The monoisotopic (exact) mass is 346 g/mol. The van der Waals surface area contributed by atoms with Crippen LogP contribution in [0, 0.1) is 5.92 Å². The van der Waals surface area contributed by atoms with Crippen LogP contribution in [0.1, 0.15) is 48.0 Å². The normalized spacial score (nSPS) is 16.4. The highest BCUT2D eigenvalue weighted by Gasteiger charge is 2.30. The molecule has 134 valence electrons. The summed E-state index contributed by atoms with van der Waals surface area (Å²) in [7, 11) is 0. The van der Waals surface area contributed by atoms with Crippen LogP contribution in [0.3, 0.4) is 0 Å². The first-order valence-electron chi connectivity index (χ1n) is 8.27. The Hall–Kier alpha value is -2.67. The van der Waals surface area contributed by atoms with Crippen LogP contribution in [0.2, 0.25) is 0 Å². The molecule has 2 amide bonds. The first-order chi connectivity index (χ1) is 12.0. The topological polar surface area (TPSA) is 116 Å². The molecule has 1 aromatic carbocycles. The Morgan fingerprint density at radius 3 is 2.52 bits per heavy atom. The van der Waals surface area contributed by atoms with Crippen LogP contribution in [0.25, 0.3) is 6.08 Å². The van der Waals surface area contributed by atoms with Gasteiger partial charge in [0, 0.05) is 11.6 Å². The van der Waals surface area contributed by atoms with E-state index in [9.17, 15) is 19.5 Å². The average Bonchev–Trinajstić information content (AvgIpc) is 2.64. The van der Waals surface area contributed by atoms with Crippen molar-refractivity contribution < 1.29 is 24.7 Å². The van der Waals surface area contributed by atoms with Crippen molar-refractivity contribution in [2.45, 2.75) is 38.1 Å². The molecule has 1 fully saturated rings. The maximum Gasteiger partial charge on any atom is 0.326 e. The number of hydroxylamine groups is 1. The first kappa shape index (κ1) is 18.7. The van der Waals surface area contributed by atoms with Gasteiger partial charge in [-0.05, 0) is 42.5 Å². The molecular weight excluding hydrogens is 324 g/mol. The number of benzene rings is 1. The predicted octanol–water partition coefficient (Wildman–Crippen LogP) is 1.97. The highest BCUT2D eigenvalue weighted by molar-refractivity contribution is 5.97. The molecule has 0 spiro atoms. The van der Waals surface area contributed by atoms with E-state index in [0.717, 1.165) is 38.2 Å². The lowest BCUT2D eigenvalue weighted by atomic mass is 9.84. The molecule has 7 nitrogen and oxygen atoms in total. The average molecular weight is 346 g/mol. The standard InChI is InChI=1S/C18H22N2O5/c21-15(20-25)10-9-12-5-4-8-14(11-12)17(22)19-16(18(23)24)13-6-2-1-3-7-13/h4-5,8-11,13,16,25H,1-3,6-7H2,(H,19,22)(H,20,21)(H,23,24)/t16-/m0/s1. The molecule has 1 aliphatic carbocycles. The van der Waals surface area contributed by atoms with Crippen LogP contribution in [0.5, 0.6) is 0 Å². The number of rotatable bonds is 6. The van der Waals surface area contributed by atoms with Crippen molar-refractivity contribution in [2.24, 2.45) is 5.92 Å². The maximum atomic E-state index is 12.4. The number of nitrogens with one attached hydrogen (secondary N) is 2. The summed E-state index contributed by atoms with van der Waals surface area (Å²) < 4.78 is 0. The van der Waals surface area contributed by atoms with Crippen molar-refractivity contribution >= 4 is 23.9 Å². The van der Waals surface area contributed by atoms with E-state index in [1.165, 1.54) is 11.6 Å².